The van der Waals surface area contributed by atoms with Gasteiger partial charge in [-0.25, -0.2) is 4.98 Å². The van der Waals surface area contributed by atoms with Gasteiger partial charge in [0, 0.05) is 21.9 Å². The zero-order valence-corrected chi connectivity index (χ0v) is 31.3. The Morgan fingerprint density at radius 2 is 0.763 bits per heavy atom. The van der Waals surface area contributed by atoms with Gasteiger partial charge in [0.25, 0.3) is 0 Å². The number of hydrogen-bond acceptors (Lipinski definition) is 3. The van der Waals surface area contributed by atoms with Crippen molar-refractivity contribution in [3.05, 3.63) is 194 Å². The van der Waals surface area contributed by atoms with Crippen LogP contribution in [0, 0.1) is 0 Å². The molecule has 2 heterocycles. The molecule has 0 N–H and O–H groups in total. The SMILES string of the molecule is FC(F)(F)c1ccc(-c2ccc3c4ccccc4c4cc5c6cc(-c7ccccc7)ccc6n(-c6nc(-c7ccccc7)nc(-c7ccccc7)n6)c5cc4c3c2)cc1. The van der Waals surface area contributed by atoms with Crippen LogP contribution in [0.1, 0.15) is 5.56 Å². The molecule has 0 amide bonds. The van der Waals surface area contributed by atoms with E-state index in [1.54, 1.807) is 12.1 Å². The van der Waals surface area contributed by atoms with Crippen molar-refractivity contribution in [1.82, 2.24) is 19.5 Å². The Kier molecular flexibility index (Phi) is 7.91. The number of hydrogen-bond donors (Lipinski definition) is 0. The first-order valence-electron chi connectivity index (χ1n) is 19.3. The molecular weight excluding hydrogens is 738 g/mol. The Labute approximate surface area is 336 Å². The van der Waals surface area contributed by atoms with Gasteiger partial charge in [0.2, 0.25) is 5.95 Å². The van der Waals surface area contributed by atoms with Crippen molar-refractivity contribution in [2.45, 2.75) is 6.18 Å². The molecule has 0 spiro atoms. The van der Waals surface area contributed by atoms with E-state index in [9.17, 15) is 13.2 Å². The molecule has 4 nitrogen and oxygen atoms in total. The molecule has 2 aromatic heterocycles. The first-order valence-corrected chi connectivity index (χ1v) is 19.3. The summed E-state index contributed by atoms with van der Waals surface area (Å²) in [5, 5.41) is 8.41. The highest BCUT2D eigenvalue weighted by atomic mass is 19.4. The number of fused-ring (bicyclic) bond motifs is 9. The van der Waals surface area contributed by atoms with Crippen LogP contribution in [0.25, 0.3) is 105 Å². The van der Waals surface area contributed by atoms with Crippen molar-refractivity contribution in [2.75, 3.05) is 0 Å². The molecular formula is C52H31F3N4. The second kappa shape index (κ2) is 13.5. The molecule has 0 aliphatic rings. The Morgan fingerprint density at radius 3 is 1.37 bits per heavy atom. The lowest BCUT2D eigenvalue weighted by molar-refractivity contribution is -0.137. The normalized spacial score (nSPS) is 12.0. The van der Waals surface area contributed by atoms with Crippen LogP contribution >= 0.6 is 0 Å². The molecule has 0 aliphatic carbocycles. The van der Waals surface area contributed by atoms with E-state index in [0.29, 0.717) is 23.2 Å². The molecule has 280 valence electrons. The van der Waals surface area contributed by atoms with E-state index in [-0.39, 0.29) is 0 Å². The van der Waals surface area contributed by atoms with Crippen molar-refractivity contribution in [1.29, 1.82) is 0 Å². The van der Waals surface area contributed by atoms with Crippen LogP contribution in [0.2, 0.25) is 0 Å². The van der Waals surface area contributed by atoms with Gasteiger partial charge in [-0.3, -0.25) is 4.57 Å². The van der Waals surface area contributed by atoms with Crippen molar-refractivity contribution >= 4 is 54.1 Å². The van der Waals surface area contributed by atoms with E-state index < -0.39 is 11.7 Å². The summed E-state index contributed by atoms with van der Waals surface area (Å²) in [5.74, 6) is 1.60. The van der Waals surface area contributed by atoms with Gasteiger partial charge < -0.3 is 0 Å². The maximum absolute atomic E-state index is 13.5. The molecule has 11 rings (SSSR count). The van der Waals surface area contributed by atoms with Crippen LogP contribution in [-0.4, -0.2) is 19.5 Å². The molecule has 0 saturated heterocycles. The maximum Gasteiger partial charge on any atom is 0.416 e. The zero-order valence-electron chi connectivity index (χ0n) is 31.3. The topological polar surface area (TPSA) is 43.6 Å². The second-order valence-electron chi connectivity index (χ2n) is 14.7. The van der Waals surface area contributed by atoms with E-state index in [2.05, 4.69) is 77.4 Å². The third kappa shape index (κ3) is 5.89. The Balaban J connectivity index is 1.25. The van der Waals surface area contributed by atoms with E-state index in [1.807, 2.05) is 91.0 Å². The average Bonchev–Trinajstić information content (AvgIpc) is 3.61. The quantitative estimate of drug-likeness (QED) is 0.164. The molecule has 11 aromatic rings. The smallest absolute Gasteiger partial charge is 0.278 e. The van der Waals surface area contributed by atoms with E-state index in [1.165, 1.54) is 0 Å². The fourth-order valence-electron chi connectivity index (χ4n) is 8.42. The maximum atomic E-state index is 13.5. The number of halogens is 3. The standard InChI is InChI=1S/C52H31F3N4/c53-52(54,55)38-24-20-33(21-25-38)36-22-26-41-39-18-10-11-19-40(39)43-30-46-45-29-37(32-12-4-1-5-13-32)23-27-47(45)59(48(46)31-44(43)42(41)28-36)51-57-49(34-14-6-2-7-15-34)56-50(58-51)35-16-8-3-9-17-35/h1-31H. The molecule has 0 aliphatic heterocycles. The predicted molar refractivity (Wildman–Crippen MR) is 233 cm³/mol. The molecule has 0 atom stereocenters. The lowest BCUT2D eigenvalue weighted by Crippen LogP contribution is -2.06. The number of rotatable bonds is 5. The van der Waals surface area contributed by atoms with Gasteiger partial charge in [0.15, 0.2) is 11.6 Å². The van der Waals surface area contributed by atoms with Crippen LogP contribution in [-0.2, 0) is 6.18 Å². The van der Waals surface area contributed by atoms with Crippen molar-refractivity contribution in [3.8, 4) is 51.0 Å². The van der Waals surface area contributed by atoms with E-state index >= 15 is 0 Å². The van der Waals surface area contributed by atoms with Crippen molar-refractivity contribution in [2.24, 2.45) is 0 Å². The summed E-state index contributed by atoms with van der Waals surface area (Å²) < 4.78 is 42.7. The summed E-state index contributed by atoms with van der Waals surface area (Å²) in [6.45, 7) is 0. The van der Waals surface area contributed by atoms with Crippen molar-refractivity contribution in [3.63, 3.8) is 0 Å². The van der Waals surface area contributed by atoms with Crippen LogP contribution in [0.4, 0.5) is 13.2 Å². The summed E-state index contributed by atoms with van der Waals surface area (Å²) in [6.07, 6.45) is -4.41. The summed E-state index contributed by atoms with van der Waals surface area (Å²) in [7, 11) is 0. The number of aromatic nitrogens is 4. The fourth-order valence-corrected chi connectivity index (χ4v) is 8.42. The zero-order chi connectivity index (χ0) is 39.7. The number of alkyl halides is 3. The third-order valence-electron chi connectivity index (χ3n) is 11.3. The molecule has 0 saturated carbocycles. The lowest BCUT2D eigenvalue weighted by atomic mass is 9.91. The largest absolute Gasteiger partial charge is 0.416 e. The summed E-state index contributed by atoms with van der Waals surface area (Å²) in [6, 6.07) is 61.2. The van der Waals surface area contributed by atoms with Crippen LogP contribution in [0.3, 0.4) is 0 Å². The molecule has 0 unspecified atom stereocenters. The van der Waals surface area contributed by atoms with Gasteiger partial charge in [-0.2, -0.15) is 23.1 Å². The minimum atomic E-state index is -4.41. The van der Waals surface area contributed by atoms with Crippen molar-refractivity contribution < 1.29 is 13.2 Å². The lowest BCUT2D eigenvalue weighted by Gasteiger charge is -2.14. The second-order valence-corrected chi connectivity index (χ2v) is 14.7. The molecule has 59 heavy (non-hydrogen) atoms. The van der Waals surface area contributed by atoms with Gasteiger partial charge in [0.05, 0.1) is 16.6 Å². The Bertz CT molecular complexity index is 3340. The molecule has 0 fully saturated rings. The summed E-state index contributed by atoms with van der Waals surface area (Å²) in [5.41, 5.74) is 6.67. The van der Waals surface area contributed by atoms with Crippen LogP contribution in [0.5, 0.6) is 0 Å². The predicted octanol–water partition coefficient (Wildman–Crippen LogP) is 14.1. The Hall–Kier alpha value is -7.64. The minimum absolute atomic E-state index is 0.486. The van der Waals surface area contributed by atoms with Gasteiger partial charge in [-0.1, -0.05) is 146 Å². The number of benzene rings is 9. The van der Waals surface area contributed by atoms with E-state index in [4.69, 9.17) is 15.0 Å². The highest BCUT2D eigenvalue weighted by molar-refractivity contribution is 6.29. The van der Waals surface area contributed by atoms with Gasteiger partial charge in [-0.15, -0.1) is 0 Å². The number of nitrogens with zero attached hydrogens (tertiary/aromatic N) is 4. The Morgan fingerprint density at radius 1 is 0.322 bits per heavy atom. The molecule has 9 aromatic carbocycles. The highest BCUT2D eigenvalue weighted by Gasteiger charge is 2.30. The molecule has 0 bridgehead atoms. The summed E-state index contributed by atoms with van der Waals surface area (Å²) in [4.78, 5) is 15.3. The summed E-state index contributed by atoms with van der Waals surface area (Å²) >= 11 is 0. The third-order valence-corrected chi connectivity index (χ3v) is 11.3. The fraction of sp³-hybridized carbons (Fsp3) is 0.0192. The van der Waals surface area contributed by atoms with Gasteiger partial charge in [-0.05, 0) is 97.0 Å². The first kappa shape index (κ1) is 34.6. The van der Waals surface area contributed by atoms with Crippen LogP contribution in [0.15, 0.2) is 188 Å². The molecule has 7 heteroatoms. The van der Waals surface area contributed by atoms with Gasteiger partial charge in [0.1, 0.15) is 0 Å². The van der Waals surface area contributed by atoms with E-state index in [0.717, 1.165) is 94.1 Å². The minimum Gasteiger partial charge on any atom is -0.278 e. The molecule has 0 radical (unpaired) electrons. The first-order chi connectivity index (χ1) is 28.9. The average molecular weight is 769 g/mol. The highest BCUT2D eigenvalue weighted by Crippen LogP contribution is 2.43. The van der Waals surface area contributed by atoms with Crippen LogP contribution < -0.4 is 0 Å². The monoisotopic (exact) mass is 768 g/mol. The van der Waals surface area contributed by atoms with Gasteiger partial charge >= 0.3 is 6.18 Å².